The van der Waals surface area contributed by atoms with Gasteiger partial charge >= 0.3 is 6.18 Å². The molecule has 2 N–H and O–H groups in total. The first kappa shape index (κ1) is 27.0. The number of carbonyl (C=O) groups excluding carboxylic acids is 1. The van der Waals surface area contributed by atoms with E-state index >= 15 is 0 Å². The van der Waals surface area contributed by atoms with Crippen LogP contribution >= 0.6 is 11.3 Å². The number of fused-ring (bicyclic) bond motifs is 1. The molecule has 3 aromatic carbocycles. The molecule has 1 atom stereocenters. The van der Waals surface area contributed by atoms with E-state index in [0.717, 1.165) is 22.4 Å². The van der Waals surface area contributed by atoms with Crippen LogP contribution in [0.3, 0.4) is 0 Å². The summed E-state index contributed by atoms with van der Waals surface area (Å²) in [5.74, 6) is -0.0107. The Morgan fingerprint density at radius 2 is 1.70 bits per heavy atom. The van der Waals surface area contributed by atoms with E-state index in [4.69, 9.17) is 4.74 Å². The summed E-state index contributed by atoms with van der Waals surface area (Å²) in [4.78, 5) is 24.9. The van der Waals surface area contributed by atoms with Crippen molar-refractivity contribution in [2.45, 2.75) is 26.1 Å². The van der Waals surface area contributed by atoms with Gasteiger partial charge in [-0.1, -0.05) is 41.7 Å². The van der Waals surface area contributed by atoms with E-state index in [1.54, 1.807) is 24.3 Å². The average molecular weight is 568 g/mol. The zero-order chi connectivity index (χ0) is 28.4. The van der Waals surface area contributed by atoms with Crippen molar-refractivity contribution in [1.29, 1.82) is 0 Å². The average Bonchev–Trinajstić information content (AvgIpc) is 3.31. The minimum Gasteiger partial charge on any atom is -0.437 e. The first-order chi connectivity index (χ1) is 19.0. The van der Waals surface area contributed by atoms with Crippen molar-refractivity contribution in [3.05, 3.63) is 89.7 Å². The van der Waals surface area contributed by atoms with Gasteiger partial charge in [-0.05, 0) is 48.9 Å². The highest BCUT2D eigenvalue weighted by molar-refractivity contribution is 7.22. The lowest BCUT2D eigenvalue weighted by molar-refractivity contribution is -0.137. The molecule has 7 nitrogen and oxygen atoms in total. The van der Waals surface area contributed by atoms with Gasteiger partial charge in [0.15, 0.2) is 10.9 Å². The summed E-state index contributed by atoms with van der Waals surface area (Å²) in [5, 5.41) is 6.21. The van der Waals surface area contributed by atoms with Crippen LogP contribution in [0.2, 0.25) is 0 Å². The predicted octanol–water partition coefficient (Wildman–Crippen LogP) is 7.84. The second kappa shape index (κ2) is 10.9. The molecule has 5 aromatic rings. The van der Waals surface area contributed by atoms with Crippen molar-refractivity contribution in [1.82, 2.24) is 15.0 Å². The third kappa shape index (κ3) is 6.18. The molecule has 0 fully saturated rings. The fraction of sp³-hybridized carbons (Fsp3) is 0.143. The van der Waals surface area contributed by atoms with Gasteiger partial charge in [0.1, 0.15) is 11.3 Å². The number of alkyl halides is 3. The molecule has 2 aromatic heterocycles. The number of nitrogens with one attached hydrogen (secondary N) is 2. The Balaban J connectivity index is 1.52. The predicted molar refractivity (Wildman–Crippen MR) is 145 cm³/mol. The molecule has 0 saturated heterocycles. The van der Waals surface area contributed by atoms with Crippen molar-refractivity contribution >= 4 is 38.5 Å². The molecular weight excluding hydrogens is 546 g/mol. The lowest BCUT2D eigenvalue weighted by Crippen LogP contribution is -2.10. The number of halogens is 4. The largest absolute Gasteiger partial charge is 0.437 e. The number of nitrogens with zero attached hydrogens (tertiary/aromatic N) is 3. The van der Waals surface area contributed by atoms with Crippen molar-refractivity contribution in [2.75, 3.05) is 10.6 Å². The second-order valence-electron chi connectivity index (χ2n) is 8.81. The fourth-order valence-corrected chi connectivity index (χ4v) is 4.80. The number of hydrogen-bond donors (Lipinski definition) is 2. The molecule has 2 heterocycles. The number of rotatable bonds is 7. The van der Waals surface area contributed by atoms with E-state index in [0.29, 0.717) is 27.7 Å². The highest BCUT2D eigenvalue weighted by atomic mass is 32.1. The van der Waals surface area contributed by atoms with Gasteiger partial charge in [0.25, 0.3) is 0 Å². The van der Waals surface area contributed by atoms with Crippen LogP contribution in [0.5, 0.6) is 11.6 Å². The van der Waals surface area contributed by atoms with Crippen LogP contribution in [-0.2, 0) is 11.0 Å². The zero-order valence-electron chi connectivity index (χ0n) is 21.1. The molecule has 0 spiro atoms. The van der Waals surface area contributed by atoms with Crippen LogP contribution < -0.4 is 15.4 Å². The Kier molecular flexibility index (Phi) is 7.35. The molecule has 0 bridgehead atoms. The number of thiazole rings is 1. The van der Waals surface area contributed by atoms with Crippen LogP contribution in [0.25, 0.3) is 21.5 Å². The number of amides is 1. The van der Waals surface area contributed by atoms with Gasteiger partial charge in [0.2, 0.25) is 17.7 Å². The topological polar surface area (TPSA) is 89.0 Å². The van der Waals surface area contributed by atoms with Gasteiger partial charge in [-0.15, -0.1) is 0 Å². The van der Waals surface area contributed by atoms with Crippen LogP contribution in [0.4, 0.5) is 28.6 Å². The molecule has 0 unspecified atom stereocenters. The number of aromatic nitrogens is 3. The van der Waals surface area contributed by atoms with Crippen molar-refractivity contribution in [2.24, 2.45) is 0 Å². The number of hydrogen-bond acceptors (Lipinski definition) is 7. The molecule has 0 aliphatic carbocycles. The van der Waals surface area contributed by atoms with E-state index in [9.17, 15) is 22.4 Å². The molecule has 1 amide bonds. The SMILES string of the molecule is CC(=O)Nc1nc2c(Oc3cc(-c4ccc(C(F)(F)F)cc4)nc(N[C@@H](C)c4ccc(F)cc4)n3)cccc2s1. The van der Waals surface area contributed by atoms with E-state index in [1.165, 1.54) is 48.6 Å². The molecule has 40 heavy (non-hydrogen) atoms. The molecule has 204 valence electrons. The van der Waals surface area contributed by atoms with E-state index in [1.807, 2.05) is 13.0 Å². The van der Waals surface area contributed by atoms with Gasteiger partial charge in [0, 0.05) is 18.6 Å². The molecule has 12 heteroatoms. The Morgan fingerprint density at radius 3 is 2.38 bits per heavy atom. The van der Waals surface area contributed by atoms with Gasteiger partial charge in [-0.25, -0.2) is 14.4 Å². The minimum atomic E-state index is -4.47. The maximum atomic E-state index is 13.4. The molecule has 0 aliphatic rings. The lowest BCUT2D eigenvalue weighted by atomic mass is 10.1. The molecule has 0 saturated carbocycles. The highest BCUT2D eigenvalue weighted by Crippen LogP contribution is 2.36. The zero-order valence-corrected chi connectivity index (χ0v) is 21.9. The summed E-state index contributed by atoms with van der Waals surface area (Å²) in [6, 6.07) is 17.0. The maximum absolute atomic E-state index is 13.4. The summed E-state index contributed by atoms with van der Waals surface area (Å²) in [5.41, 5.74) is 1.22. The summed E-state index contributed by atoms with van der Waals surface area (Å²) in [6.07, 6.45) is -4.47. The monoisotopic (exact) mass is 567 g/mol. The van der Waals surface area contributed by atoms with Crippen LogP contribution in [0.15, 0.2) is 72.8 Å². The summed E-state index contributed by atoms with van der Waals surface area (Å²) < 4.78 is 59.6. The smallest absolute Gasteiger partial charge is 0.416 e. The third-order valence-electron chi connectivity index (χ3n) is 5.81. The van der Waals surface area contributed by atoms with E-state index in [2.05, 4.69) is 25.6 Å². The van der Waals surface area contributed by atoms with Gasteiger partial charge in [0.05, 0.1) is 22.0 Å². The Morgan fingerprint density at radius 1 is 0.975 bits per heavy atom. The lowest BCUT2D eigenvalue weighted by Gasteiger charge is -2.16. The number of para-hydroxylation sites is 1. The number of ether oxygens (including phenoxy) is 1. The summed E-state index contributed by atoms with van der Waals surface area (Å²) >= 11 is 1.28. The van der Waals surface area contributed by atoms with Crippen molar-refractivity contribution in [3.63, 3.8) is 0 Å². The molecule has 0 aliphatic heterocycles. The second-order valence-corrected chi connectivity index (χ2v) is 9.84. The Bertz CT molecular complexity index is 1670. The van der Waals surface area contributed by atoms with Crippen molar-refractivity contribution in [3.8, 4) is 22.9 Å². The van der Waals surface area contributed by atoms with Crippen LogP contribution in [-0.4, -0.2) is 20.9 Å². The Hall–Kier alpha value is -4.58. The number of anilines is 2. The maximum Gasteiger partial charge on any atom is 0.416 e. The summed E-state index contributed by atoms with van der Waals surface area (Å²) in [6.45, 7) is 3.22. The van der Waals surface area contributed by atoms with Crippen LogP contribution in [0, 0.1) is 5.82 Å². The van der Waals surface area contributed by atoms with Crippen LogP contribution in [0.1, 0.15) is 31.0 Å². The number of benzene rings is 3. The molecule has 0 radical (unpaired) electrons. The third-order valence-corrected chi connectivity index (χ3v) is 6.74. The number of carbonyl (C=O) groups is 1. The van der Waals surface area contributed by atoms with Crippen molar-refractivity contribution < 1.29 is 27.1 Å². The van der Waals surface area contributed by atoms with Gasteiger partial charge in [-0.2, -0.15) is 18.2 Å². The highest BCUT2D eigenvalue weighted by Gasteiger charge is 2.30. The first-order valence-electron chi connectivity index (χ1n) is 12.0. The summed E-state index contributed by atoms with van der Waals surface area (Å²) in [7, 11) is 0. The quantitative estimate of drug-likeness (QED) is 0.195. The normalized spacial score (nSPS) is 12.2. The molecular formula is C28H21F4N5O2S. The standard InChI is InChI=1S/C28H21F4N5O2S/c1-15(17-8-12-20(29)13-9-17)33-26-35-21(18-6-10-19(11-7-18)28(30,31)32)14-24(36-26)39-22-4-3-5-23-25(22)37-27(40-23)34-16(2)38/h3-15H,1-2H3,(H,33,35,36)(H,34,37,38)/t15-/m0/s1. The first-order valence-corrected chi connectivity index (χ1v) is 12.8. The Labute approximate surface area is 229 Å². The van der Waals surface area contributed by atoms with E-state index in [-0.39, 0.29) is 29.6 Å². The van der Waals surface area contributed by atoms with E-state index < -0.39 is 11.7 Å². The fourth-order valence-electron chi connectivity index (χ4n) is 3.87. The van der Waals surface area contributed by atoms with Gasteiger partial charge < -0.3 is 15.4 Å². The van der Waals surface area contributed by atoms with Gasteiger partial charge in [-0.3, -0.25) is 4.79 Å². The molecule has 5 rings (SSSR count). The minimum absolute atomic E-state index is 0.111.